The molecule has 5 N–H and O–H groups in total. The standard InChI is InChI=1S/C44H45FN12O2/c45-29-4-10-39(58)37(15-29)26-3-11-40(46-19-26)53-30-5-7-33(16-30)56-44-50-22-28(23-51-44)36-18-38(36)35-13-14-52-57(42(35)59)34-9-12-41(47-24-34)54-31-6-8-32(17-31)55-43-48-20-27(21-49-43)25-1-2-25/h3-4,9-15,19-25,30-33,36,38,58H,1-2,5-8,16-18H2,(H,46,53)(H,47,54)(H,48,49,55)(H,50,51,56)/t30-,31-,32-,33-,36?,38?/m0/s1. The Labute approximate surface area is 340 Å². The number of rotatable bonds is 13. The van der Waals surface area contributed by atoms with Crippen molar-refractivity contribution in [2.75, 3.05) is 21.3 Å². The average molecular weight is 793 g/mol. The Morgan fingerprint density at radius 1 is 0.610 bits per heavy atom. The minimum absolute atomic E-state index is 0.0115. The van der Waals surface area contributed by atoms with E-state index in [4.69, 9.17) is 0 Å². The maximum absolute atomic E-state index is 13.7. The molecule has 15 heteroatoms. The van der Waals surface area contributed by atoms with E-state index in [-0.39, 0.29) is 41.3 Å². The molecule has 5 aromatic heterocycles. The summed E-state index contributed by atoms with van der Waals surface area (Å²) in [5.74, 6) is 3.25. The molecule has 6 aromatic rings. The molecular formula is C44H45FN12O2. The van der Waals surface area contributed by atoms with Gasteiger partial charge in [0.05, 0.1) is 11.9 Å². The molecule has 5 heterocycles. The number of nitrogens with one attached hydrogen (secondary N) is 4. The Hall–Kier alpha value is -6.51. The van der Waals surface area contributed by atoms with E-state index < -0.39 is 5.82 Å². The maximum Gasteiger partial charge on any atom is 0.275 e. The maximum atomic E-state index is 13.7. The number of benzene rings is 1. The topological polar surface area (TPSA) is 181 Å². The second kappa shape index (κ2) is 15.7. The molecule has 6 atom stereocenters. The third kappa shape index (κ3) is 8.27. The molecule has 0 amide bonds. The molecule has 10 rings (SSSR count). The van der Waals surface area contributed by atoms with Crippen molar-refractivity contribution in [1.82, 2.24) is 39.7 Å². The van der Waals surface area contributed by atoms with Crippen LogP contribution in [0.5, 0.6) is 5.75 Å². The average Bonchev–Trinajstić information content (AvgIpc) is 4.18. The van der Waals surface area contributed by atoms with Crippen molar-refractivity contribution >= 4 is 23.5 Å². The predicted molar refractivity (Wildman–Crippen MR) is 222 cm³/mol. The quantitative estimate of drug-likeness (QED) is 0.0796. The van der Waals surface area contributed by atoms with E-state index in [1.54, 1.807) is 18.6 Å². The van der Waals surface area contributed by atoms with Gasteiger partial charge in [-0.05, 0) is 135 Å². The van der Waals surface area contributed by atoms with Crippen molar-refractivity contribution in [2.45, 2.75) is 99.7 Å². The number of hydrogen-bond donors (Lipinski definition) is 5. The molecule has 4 saturated carbocycles. The van der Waals surface area contributed by atoms with Crippen LogP contribution >= 0.6 is 0 Å². The highest BCUT2D eigenvalue weighted by atomic mass is 19.1. The highest BCUT2D eigenvalue weighted by molar-refractivity contribution is 5.70. The van der Waals surface area contributed by atoms with Crippen LogP contribution in [-0.2, 0) is 0 Å². The molecule has 14 nitrogen and oxygen atoms in total. The lowest BCUT2D eigenvalue weighted by atomic mass is 10.1. The monoisotopic (exact) mass is 792 g/mol. The number of hydrogen-bond acceptors (Lipinski definition) is 13. The normalized spacial score (nSPS) is 23.5. The van der Waals surface area contributed by atoms with Crippen LogP contribution in [0.4, 0.5) is 27.9 Å². The smallest absolute Gasteiger partial charge is 0.275 e. The zero-order valence-corrected chi connectivity index (χ0v) is 32.4. The van der Waals surface area contributed by atoms with Crippen LogP contribution in [0, 0.1) is 5.82 Å². The van der Waals surface area contributed by atoms with Crippen LogP contribution in [0.15, 0.2) is 96.7 Å². The minimum atomic E-state index is -0.412. The Kier molecular flexibility index (Phi) is 9.78. The van der Waals surface area contributed by atoms with Crippen LogP contribution in [-0.4, -0.2) is 69.0 Å². The van der Waals surface area contributed by atoms with Gasteiger partial charge < -0.3 is 26.4 Å². The van der Waals surface area contributed by atoms with Crippen molar-refractivity contribution < 1.29 is 9.50 Å². The first-order valence-corrected chi connectivity index (χ1v) is 20.6. The van der Waals surface area contributed by atoms with E-state index >= 15 is 0 Å². The Morgan fingerprint density at radius 2 is 1.22 bits per heavy atom. The number of phenols is 1. The zero-order valence-electron chi connectivity index (χ0n) is 32.4. The summed E-state index contributed by atoms with van der Waals surface area (Å²) >= 11 is 0. The number of aromatic hydroxyl groups is 1. The molecular weight excluding hydrogens is 748 g/mol. The SMILES string of the molecule is O=c1c(C2CC2c2cnc(N[C@H]3CC[C@H](Nc4ccc(-c5cc(F)ccc5O)cn4)C3)nc2)ccnn1-c1ccc(N[C@H]2CC[C@H](Nc3ncc(C4CC4)cn3)C2)nc1. The second-order valence-electron chi connectivity index (χ2n) is 16.4. The summed E-state index contributed by atoms with van der Waals surface area (Å²) < 4.78 is 15.1. The highest BCUT2D eigenvalue weighted by Gasteiger charge is 2.42. The summed E-state index contributed by atoms with van der Waals surface area (Å²) in [5, 5.41) is 28.5. The lowest BCUT2D eigenvalue weighted by Crippen LogP contribution is -2.24. The summed E-state index contributed by atoms with van der Waals surface area (Å²) in [5.41, 5.74) is 4.51. The molecule has 0 radical (unpaired) electrons. The molecule has 2 unspecified atom stereocenters. The fraction of sp³-hybridized carbons (Fsp3) is 0.364. The largest absolute Gasteiger partial charge is 0.507 e. The third-order valence-corrected chi connectivity index (χ3v) is 12.1. The van der Waals surface area contributed by atoms with Gasteiger partial charge in [0.25, 0.3) is 5.56 Å². The van der Waals surface area contributed by atoms with Gasteiger partial charge in [0.2, 0.25) is 11.9 Å². The van der Waals surface area contributed by atoms with Crippen LogP contribution in [0.1, 0.15) is 92.2 Å². The van der Waals surface area contributed by atoms with Crippen molar-refractivity contribution in [3.63, 3.8) is 0 Å². The van der Waals surface area contributed by atoms with Crippen molar-refractivity contribution in [2.24, 2.45) is 0 Å². The van der Waals surface area contributed by atoms with Crippen molar-refractivity contribution in [1.29, 1.82) is 0 Å². The summed E-state index contributed by atoms with van der Waals surface area (Å²) in [4.78, 5) is 41.1. The number of nitrogens with zero attached hydrogens (tertiary/aromatic N) is 8. The number of aromatic nitrogens is 8. The molecule has 0 bridgehead atoms. The Morgan fingerprint density at radius 3 is 1.81 bits per heavy atom. The number of phenolic OH excluding ortho intramolecular Hbond substituents is 1. The van der Waals surface area contributed by atoms with Crippen LogP contribution < -0.4 is 26.8 Å². The van der Waals surface area contributed by atoms with Crippen LogP contribution in [0.3, 0.4) is 0 Å². The molecule has 300 valence electrons. The van der Waals surface area contributed by atoms with Gasteiger partial charge in [-0.3, -0.25) is 4.79 Å². The van der Waals surface area contributed by atoms with Gasteiger partial charge in [0.15, 0.2) is 0 Å². The van der Waals surface area contributed by atoms with Crippen LogP contribution in [0.25, 0.3) is 16.8 Å². The first kappa shape index (κ1) is 36.8. The zero-order chi connectivity index (χ0) is 39.9. The second-order valence-corrected chi connectivity index (χ2v) is 16.4. The lowest BCUT2D eigenvalue weighted by molar-refractivity contribution is 0.475. The van der Waals surface area contributed by atoms with E-state index in [0.717, 1.165) is 67.7 Å². The first-order valence-electron chi connectivity index (χ1n) is 20.6. The van der Waals surface area contributed by atoms with Gasteiger partial charge >= 0.3 is 0 Å². The fourth-order valence-corrected chi connectivity index (χ4v) is 8.69. The molecule has 4 fully saturated rings. The van der Waals surface area contributed by atoms with E-state index in [1.165, 1.54) is 41.3 Å². The summed E-state index contributed by atoms with van der Waals surface area (Å²) in [6, 6.07) is 14.2. The van der Waals surface area contributed by atoms with Crippen molar-refractivity contribution in [3.8, 4) is 22.6 Å². The van der Waals surface area contributed by atoms with Gasteiger partial charge in [-0.1, -0.05) is 0 Å². The van der Waals surface area contributed by atoms with Crippen LogP contribution in [0.2, 0.25) is 0 Å². The third-order valence-electron chi connectivity index (χ3n) is 12.1. The van der Waals surface area contributed by atoms with Gasteiger partial charge in [0.1, 0.15) is 23.2 Å². The predicted octanol–water partition coefficient (Wildman–Crippen LogP) is 7.15. The number of anilines is 4. The molecule has 0 spiro atoms. The molecule has 59 heavy (non-hydrogen) atoms. The van der Waals surface area contributed by atoms with E-state index in [2.05, 4.69) is 56.3 Å². The summed E-state index contributed by atoms with van der Waals surface area (Å²) in [7, 11) is 0. The fourth-order valence-electron chi connectivity index (χ4n) is 8.69. The van der Waals surface area contributed by atoms with Gasteiger partial charge in [-0.2, -0.15) is 9.78 Å². The molecule has 1 aromatic carbocycles. The lowest BCUT2D eigenvalue weighted by Gasteiger charge is -2.15. The summed E-state index contributed by atoms with van der Waals surface area (Å²) in [6.07, 6.45) is 21.8. The number of pyridine rings is 2. The molecule has 4 aliphatic carbocycles. The number of halogens is 1. The molecule has 0 saturated heterocycles. The Balaban J connectivity index is 0.699. The minimum Gasteiger partial charge on any atom is -0.507 e. The summed E-state index contributed by atoms with van der Waals surface area (Å²) in [6.45, 7) is 0. The Bertz CT molecular complexity index is 2480. The van der Waals surface area contributed by atoms with Gasteiger partial charge in [-0.15, -0.1) is 0 Å². The molecule has 4 aliphatic rings. The van der Waals surface area contributed by atoms with E-state index in [9.17, 15) is 14.3 Å². The first-order chi connectivity index (χ1) is 28.9. The van der Waals surface area contributed by atoms with E-state index in [0.29, 0.717) is 40.7 Å². The van der Waals surface area contributed by atoms with E-state index in [1.807, 2.05) is 55.1 Å². The van der Waals surface area contributed by atoms with Gasteiger partial charge in [0, 0.05) is 78.0 Å². The molecule has 0 aliphatic heterocycles. The van der Waals surface area contributed by atoms with Crippen molar-refractivity contribution in [3.05, 3.63) is 125 Å². The highest BCUT2D eigenvalue weighted by Crippen LogP contribution is 2.53. The van der Waals surface area contributed by atoms with Gasteiger partial charge in [-0.25, -0.2) is 34.3 Å².